The van der Waals surface area contributed by atoms with E-state index in [9.17, 15) is 13.2 Å². The summed E-state index contributed by atoms with van der Waals surface area (Å²) in [5, 5.41) is 0. The molecule has 2 aromatic rings. The van der Waals surface area contributed by atoms with Crippen molar-refractivity contribution >= 4 is 15.9 Å². The van der Waals surface area contributed by atoms with E-state index < -0.39 is 22.5 Å². The molecule has 1 heterocycles. The molecule has 0 saturated carbocycles. The lowest BCUT2D eigenvalue weighted by molar-refractivity contribution is -0.121. The molecule has 1 amide bonds. The van der Waals surface area contributed by atoms with E-state index in [-0.39, 0.29) is 0 Å². The summed E-state index contributed by atoms with van der Waals surface area (Å²) in [4.78, 5) is 15.3. The second-order valence-electron chi connectivity index (χ2n) is 4.33. The van der Waals surface area contributed by atoms with Crippen LogP contribution in [-0.2, 0) is 14.8 Å². The van der Waals surface area contributed by atoms with Gasteiger partial charge in [-0.3, -0.25) is 9.52 Å². The van der Waals surface area contributed by atoms with Gasteiger partial charge in [0.1, 0.15) is 11.5 Å². The van der Waals surface area contributed by atoms with E-state index in [1.54, 1.807) is 48.7 Å². The summed E-state index contributed by atoms with van der Waals surface area (Å²) in [5.74, 6) is 0.698. The van der Waals surface area contributed by atoms with Crippen molar-refractivity contribution in [2.45, 2.75) is 0 Å². The number of carbonyl (C=O) groups excluding carboxylic acids is 1. The molecule has 0 radical (unpaired) electrons. The monoisotopic (exact) mass is 322 g/mol. The van der Waals surface area contributed by atoms with Crippen molar-refractivity contribution in [2.24, 2.45) is 0 Å². The van der Waals surface area contributed by atoms with Gasteiger partial charge in [0.05, 0.1) is 6.26 Å². The Morgan fingerprint density at radius 1 is 1.14 bits per heavy atom. The maximum atomic E-state index is 11.3. The summed E-state index contributed by atoms with van der Waals surface area (Å²) >= 11 is 0. The molecule has 7 nitrogen and oxygen atoms in total. The van der Waals surface area contributed by atoms with Crippen LogP contribution in [0.3, 0.4) is 0 Å². The van der Waals surface area contributed by atoms with Crippen LogP contribution < -0.4 is 14.2 Å². The average molecular weight is 322 g/mol. The Balaban J connectivity index is 1.88. The fourth-order valence-corrected chi connectivity index (χ4v) is 1.99. The zero-order valence-corrected chi connectivity index (χ0v) is 12.5. The molecule has 1 aromatic heterocycles. The van der Waals surface area contributed by atoms with Crippen LogP contribution in [0.15, 0.2) is 48.7 Å². The van der Waals surface area contributed by atoms with Gasteiger partial charge in [0, 0.05) is 12.3 Å². The van der Waals surface area contributed by atoms with Crippen molar-refractivity contribution in [1.82, 2.24) is 9.71 Å². The third-order valence-electron chi connectivity index (χ3n) is 2.35. The van der Waals surface area contributed by atoms with E-state index in [0.29, 0.717) is 17.4 Å². The number of aromatic nitrogens is 1. The lowest BCUT2D eigenvalue weighted by Crippen LogP contribution is -2.33. The van der Waals surface area contributed by atoms with Crippen LogP contribution in [-0.4, -0.2) is 32.2 Å². The number of ether oxygens (including phenoxy) is 2. The largest absolute Gasteiger partial charge is 0.484 e. The summed E-state index contributed by atoms with van der Waals surface area (Å²) in [7, 11) is -3.58. The molecule has 0 spiro atoms. The first kappa shape index (κ1) is 15.8. The molecule has 0 bridgehead atoms. The molecule has 116 valence electrons. The Labute approximate surface area is 128 Å². The zero-order valence-electron chi connectivity index (χ0n) is 11.7. The third kappa shape index (κ3) is 5.41. The molecular weight excluding hydrogens is 308 g/mol. The van der Waals surface area contributed by atoms with E-state index in [4.69, 9.17) is 9.47 Å². The third-order valence-corrected chi connectivity index (χ3v) is 2.95. The number of amides is 1. The highest BCUT2D eigenvalue weighted by atomic mass is 32.2. The zero-order chi connectivity index (χ0) is 16.0. The SMILES string of the molecule is CS(=O)(=O)NC(=O)COc1ccc(Oc2ccccn2)cc1. The predicted molar refractivity (Wildman–Crippen MR) is 79.2 cm³/mol. The fraction of sp³-hybridized carbons (Fsp3) is 0.143. The van der Waals surface area contributed by atoms with Crippen LogP contribution in [0.25, 0.3) is 0 Å². The van der Waals surface area contributed by atoms with E-state index in [0.717, 1.165) is 6.26 Å². The lowest BCUT2D eigenvalue weighted by atomic mass is 10.3. The van der Waals surface area contributed by atoms with Gasteiger partial charge in [0.15, 0.2) is 6.61 Å². The molecule has 8 heteroatoms. The van der Waals surface area contributed by atoms with Crippen molar-refractivity contribution in [3.63, 3.8) is 0 Å². The van der Waals surface area contributed by atoms with Gasteiger partial charge in [-0.15, -0.1) is 0 Å². The summed E-state index contributed by atoms with van der Waals surface area (Å²) in [6, 6.07) is 11.8. The van der Waals surface area contributed by atoms with Crippen LogP contribution in [0, 0.1) is 0 Å². The Hall–Kier alpha value is -2.61. The number of hydrogen-bond acceptors (Lipinski definition) is 6. The molecule has 0 aliphatic rings. The van der Waals surface area contributed by atoms with E-state index in [1.165, 1.54) is 0 Å². The summed E-state index contributed by atoms with van der Waals surface area (Å²) < 4.78 is 34.2. The molecular formula is C14H14N2O5S. The Morgan fingerprint density at radius 2 is 1.82 bits per heavy atom. The quantitative estimate of drug-likeness (QED) is 0.862. The molecule has 0 fully saturated rings. The van der Waals surface area contributed by atoms with Crippen molar-refractivity contribution in [2.75, 3.05) is 12.9 Å². The van der Waals surface area contributed by atoms with Gasteiger partial charge in [-0.1, -0.05) is 6.07 Å². The van der Waals surface area contributed by atoms with Crippen LogP contribution >= 0.6 is 0 Å². The maximum Gasteiger partial charge on any atom is 0.271 e. The molecule has 22 heavy (non-hydrogen) atoms. The van der Waals surface area contributed by atoms with E-state index in [1.807, 2.05) is 4.72 Å². The minimum atomic E-state index is -3.58. The van der Waals surface area contributed by atoms with E-state index in [2.05, 4.69) is 4.98 Å². The second-order valence-corrected chi connectivity index (χ2v) is 6.08. The van der Waals surface area contributed by atoms with Crippen molar-refractivity contribution < 1.29 is 22.7 Å². The maximum absolute atomic E-state index is 11.3. The van der Waals surface area contributed by atoms with Gasteiger partial charge in [0.25, 0.3) is 5.91 Å². The summed E-state index contributed by atoms with van der Waals surface area (Å²) in [6.45, 7) is -0.395. The topological polar surface area (TPSA) is 94.6 Å². The van der Waals surface area contributed by atoms with Gasteiger partial charge in [0.2, 0.25) is 15.9 Å². The van der Waals surface area contributed by atoms with Gasteiger partial charge in [-0.25, -0.2) is 13.4 Å². The minimum absolute atomic E-state index is 0.395. The standard InChI is InChI=1S/C14H14N2O5S/c1-22(18,19)16-13(17)10-20-11-5-7-12(8-6-11)21-14-4-2-3-9-15-14/h2-9H,10H2,1H3,(H,16,17). The first-order chi connectivity index (χ1) is 10.4. The number of hydrogen-bond donors (Lipinski definition) is 1. The molecule has 0 atom stereocenters. The average Bonchev–Trinajstić information content (AvgIpc) is 2.46. The predicted octanol–water partition coefficient (Wildman–Crippen LogP) is 1.33. The highest BCUT2D eigenvalue weighted by Gasteiger charge is 2.09. The number of sulfonamides is 1. The molecule has 1 N–H and O–H groups in total. The number of carbonyl (C=O) groups is 1. The van der Waals surface area contributed by atoms with Crippen molar-refractivity contribution in [3.05, 3.63) is 48.7 Å². The van der Waals surface area contributed by atoms with Crippen molar-refractivity contribution in [1.29, 1.82) is 0 Å². The normalized spacial score (nSPS) is 10.8. The van der Waals surface area contributed by atoms with E-state index >= 15 is 0 Å². The van der Waals surface area contributed by atoms with Gasteiger partial charge < -0.3 is 9.47 Å². The Bertz CT molecular complexity index is 730. The Morgan fingerprint density at radius 3 is 2.41 bits per heavy atom. The van der Waals surface area contributed by atoms with Crippen LogP contribution in [0.2, 0.25) is 0 Å². The van der Waals surface area contributed by atoms with Crippen LogP contribution in [0.4, 0.5) is 0 Å². The Kier molecular flexibility index (Phi) is 4.95. The molecule has 2 rings (SSSR count). The number of rotatable bonds is 6. The fourth-order valence-electron chi connectivity index (χ4n) is 1.52. The highest BCUT2D eigenvalue weighted by molar-refractivity contribution is 7.89. The van der Waals surface area contributed by atoms with Crippen molar-refractivity contribution in [3.8, 4) is 17.4 Å². The van der Waals surface area contributed by atoms with Gasteiger partial charge >= 0.3 is 0 Å². The molecule has 1 aromatic carbocycles. The second kappa shape index (κ2) is 6.90. The first-order valence-electron chi connectivity index (χ1n) is 6.25. The number of nitrogens with one attached hydrogen (secondary N) is 1. The minimum Gasteiger partial charge on any atom is -0.484 e. The van der Waals surface area contributed by atoms with Crippen LogP contribution in [0.5, 0.6) is 17.4 Å². The van der Waals surface area contributed by atoms with Gasteiger partial charge in [-0.2, -0.15) is 0 Å². The molecule has 0 aliphatic carbocycles. The number of pyridine rings is 1. The summed E-state index contributed by atoms with van der Waals surface area (Å²) in [5.41, 5.74) is 0. The molecule has 0 unspecified atom stereocenters. The van der Waals surface area contributed by atoms with Crippen LogP contribution in [0.1, 0.15) is 0 Å². The highest BCUT2D eigenvalue weighted by Crippen LogP contribution is 2.22. The molecule has 0 saturated heterocycles. The summed E-state index contributed by atoms with van der Waals surface area (Å²) in [6.07, 6.45) is 2.52. The smallest absolute Gasteiger partial charge is 0.271 e. The first-order valence-corrected chi connectivity index (χ1v) is 8.14. The number of nitrogens with zero attached hydrogens (tertiary/aromatic N) is 1. The lowest BCUT2D eigenvalue weighted by Gasteiger charge is -2.08. The number of benzene rings is 1. The molecule has 0 aliphatic heterocycles. The van der Waals surface area contributed by atoms with Gasteiger partial charge in [-0.05, 0) is 30.3 Å².